The number of aromatic nitrogens is 2. The van der Waals surface area contributed by atoms with Gasteiger partial charge >= 0.3 is 0 Å². The number of morpholine rings is 1. The lowest BCUT2D eigenvalue weighted by Gasteiger charge is -2.26. The highest BCUT2D eigenvalue weighted by Gasteiger charge is 2.11. The molecule has 1 saturated heterocycles. The second-order valence-electron chi connectivity index (χ2n) is 7.01. The maximum Gasteiger partial charge on any atom is 0.258 e. The maximum absolute atomic E-state index is 12.5. The summed E-state index contributed by atoms with van der Waals surface area (Å²) in [6.45, 7) is 4.66. The van der Waals surface area contributed by atoms with E-state index in [-0.39, 0.29) is 5.91 Å². The van der Waals surface area contributed by atoms with Crippen LogP contribution in [0.3, 0.4) is 0 Å². The van der Waals surface area contributed by atoms with Crippen LogP contribution in [0.25, 0.3) is 5.69 Å². The smallest absolute Gasteiger partial charge is 0.258 e. The Morgan fingerprint density at radius 3 is 2.69 bits per heavy atom. The molecule has 0 radical (unpaired) electrons. The Hall–Kier alpha value is -2.67. The molecule has 2 aromatic carbocycles. The first-order valence-electron chi connectivity index (χ1n) is 9.68. The molecule has 29 heavy (non-hydrogen) atoms. The van der Waals surface area contributed by atoms with E-state index >= 15 is 0 Å². The number of halogens is 1. The van der Waals surface area contributed by atoms with Crippen molar-refractivity contribution in [3.63, 3.8) is 0 Å². The molecule has 1 N–H and O–H groups in total. The van der Waals surface area contributed by atoms with E-state index in [0.29, 0.717) is 10.6 Å². The average Bonchev–Trinajstić information content (AvgIpc) is 3.25. The fourth-order valence-electron chi connectivity index (χ4n) is 3.27. The third-order valence-corrected chi connectivity index (χ3v) is 5.18. The van der Waals surface area contributed by atoms with Gasteiger partial charge in [0.25, 0.3) is 5.91 Å². The lowest BCUT2D eigenvalue weighted by Crippen LogP contribution is -2.37. The van der Waals surface area contributed by atoms with E-state index in [0.717, 1.165) is 50.6 Å². The van der Waals surface area contributed by atoms with Crippen molar-refractivity contribution in [2.75, 3.05) is 38.2 Å². The summed E-state index contributed by atoms with van der Waals surface area (Å²) in [5.41, 5.74) is 3.31. The topological polar surface area (TPSA) is 59.4 Å². The van der Waals surface area contributed by atoms with Crippen molar-refractivity contribution >= 4 is 23.2 Å². The molecule has 1 aromatic heterocycles. The molecular weight excluding hydrogens is 388 g/mol. The number of benzene rings is 2. The van der Waals surface area contributed by atoms with Crippen LogP contribution in [0, 0.1) is 0 Å². The number of carbonyl (C=O) groups excluding carboxylic acids is 1. The third-order valence-electron chi connectivity index (χ3n) is 4.95. The van der Waals surface area contributed by atoms with E-state index in [1.54, 1.807) is 29.2 Å². The van der Waals surface area contributed by atoms with Gasteiger partial charge in [-0.15, -0.1) is 0 Å². The molecule has 1 aliphatic rings. The zero-order valence-electron chi connectivity index (χ0n) is 16.1. The summed E-state index contributed by atoms with van der Waals surface area (Å²) in [6.07, 6.45) is 4.23. The summed E-state index contributed by atoms with van der Waals surface area (Å²) in [4.78, 5) is 14.9. The molecule has 1 fully saturated rings. The van der Waals surface area contributed by atoms with Crippen LogP contribution in [0.1, 0.15) is 15.9 Å². The SMILES string of the molecule is O=C(Nc1ccc(CCN2CCOCC2)cc1)c1cnn(-c2cccc(Cl)c2)c1. The van der Waals surface area contributed by atoms with Crippen molar-refractivity contribution in [1.82, 2.24) is 14.7 Å². The van der Waals surface area contributed by atoms with Gasteiger partial charge in [0.05, 0.1) is 30.7 Å². The zero-order valence-corrected chi connectivity index (χ0v) is 16.8. The second-order valence-corrected chi connectivity index (χ2v) is 7.44. The van der Waals surface area contributed by atoms with Gasteiger partial charge in [-0.1, -0.05) is 29.8 Å². The fourth-order valence-corrected chi connectivity index (χ4v) is 3.45. The predicted molar refractivity (Wildman–Crippen MR) is 114 cm³/mol. The molecule has 0 spiro atoms. The van der Waals surface area contributed by atoms with Gasteiger partial charge in [0.1, 0.15) is 0 Å². The van der Waals surface area contributed by atoms with Crippen LogP contribution in [0.5, 0.6) is 0 Å². The minimum absolute atomic E-state index is 0.195. The van der Waals surface area contributed by atoms with E-state index in [1.165, 1.54) is 5.56 Å². The second kappa shape index (κ2) is 9.22. The number of ether oxygens (including phenoxy) is 1. The van der Waals surface area contributed by atoms with E-state index in [2.05, 4.69) is 27.4 Å². The molecule has 7 heteroatoms. The minimum atomic E-state index is -0.195. The Morgan fingerprint density at radius 2 is 1.93 bits per heavy atom. The number of nitrogens with zero attached hydrogens (tertiary/aromatic N) is 3. The van der Waals surface area contributed by atoms with Gasteiger partial charge in [-0.25, -0.2) is 4.68 Å². The average molecular weight is 411 g/mol. The van der Waals surface area contributed by atoms with Gasteiger partial charge in [0.15, 0.2) is 0 Å². The lowest BCUT2D eigenvalue weighted by molar-refractivity contribution is 0.0384. The first-order valence-corrected chi connectivity index (χ1v) is 10.1. The Balaban J connectivity index is 1.33. The molecular formula is C22H23ClN4O2. The number of nitrogens with one attached hydrogen (secondary N) is 1. The van der Waals surface area contributed by atoms with Crippen LogP contribution in [0.15, 0.2) is 60.9 Å². The summed E-state index contributed by atoms with van der Waals surface area (Å²) in [7, 11) is 0. The highest BCUT2D eigenvalue weighted by Crippen LogP contribution is 2.16. The summed E-state index contributed by atoms with van der Waals surface area (Å²) in [5, 5.41) is 7.80. The van der Waals surface area contributed by atoms with Crippen molar-refractivity contribution in [3.05, 3.63) is 77.1 Å². The zero-order chi connectivity index (χ0) is 20.1. The maximum atomic E-state index is 12.5. The molecule has 6 nitrogen and oxygen atoms in total. The van der Waals surface area contributed by atoms with Crippen LogP contribution >= 0.6 is 11.6 Å². The number of hydrogen-bond donors (Lipinski definition) is 1. The number of hydrogen-bond acceptors (Lipinski definition) is 4. The molecule has 1 aliphatic heterocycles. The van der Waals surface area contributed by atoms with Gasteiger partial charge in [-0.05, 0) is 42.3 Å². The quantitative estimate of drug-likeness (QED) is 0.673. The number of carbonyl (C=O) groups is 1. The molecule has 0 unspecified atom stereocenters. The summed E-state index contributed by atoms with van der Waals surface area (Å²) >= 11 is 6.02. The Labute approximate surface area is 175 Å². The van der Waals surface area contributed by atoms with Crippen LogP contribution in [-0.4, -0.2) is 53.4 Å². The Bertz CT molecular complexity index is 965. The highest BCUT2D eigenvalue weighted by molar-refractivity contribution is 6.30. The number of amides is 1. The Morgan fingerprint density at radius 1 is 1.14 bits per heavy atom. The van der Waals surface area contributed by atoms with E-state index in [4.69, 9.17) is 16.3 Å². The standard InChI is InChI=1S/C22H23ClN4O2/c23-19-2-1-3-21(14-19)27-16-18(15-24-27)22(28)25-20-6-4-17(5-7-20)8-9-26-10-12-29-13-11-26/h1-7,14-16H,8-13H2,(H,25,28). The molecule has 0 atom stereocenters. The summed E-state index contributed by atoms with van der Waals surface area (Å²) < 4.78 is 7.01. The molecule has 0 bridgehead atoms. The molecule has 0 saturated carbocycles. The molecule has 0 aliphatic carbocycles. The van der Waals surface area contributed by atoms with Crippen molar-refractivity contribution in [1.29, 1.82) is 0 Å². The van der Waals surface area contributed by atoms with Gasteiger partial charge < -0.3 is 10.1 Å². The van der Waals surface area contributed by atoms with E-state index < -0.39 is 0 Å². The van der Waals surface area contributed by atoms with Gasteiger partial charge in [-0.3, -0.25) is 9.69 Å². The Kier molecular flexibility index (Phi) is 6.24. The molecule has 1 amide bonds. The van der Waals surface area contributed by atoms with Crippen molar-refractivity contribution in [2.24, 2.45) is 0 Å². The van der Waals surface area contributed by atoms with Crippen LogP contribution in [0.4, 0.5) is 5.69 Å². The summed E-state index contributed by atoms with van der Waals surface area (Å²) in [5.74, 6) is -0.195. The van der Waals surface area contributed by atoms with Gasteiger partial charge in [0.2, 0.25) is 0 Å². The molecule has 3 aromatic rings. The number of rotatable bonds is 6. The lowest BCUT2D eigenvalue weighted by atomic mass is 10.1. The highest BCUT2D eigenvalue weighted by atomic mass is 35.5. The van der Waals surface area contributed by atoms with Crippen molar-refractivity contribution < 1.29 is 9.53 Å². The predicted octanol–water partition coefficient (Wildman–Crippen LogP) is 3.65. The molecule has 2 heterocycles. The third kappa shape index (κ3) is 5.23. The largest absolute Gasteiger partial charge is 0.379 e. The van der Waals surface area contributed by atoms with E-state index in [9.17, 15) is 4.79 Å². The first kappa shape index (κ1) is 19.6. The normalized spacial score (nSPS) is 14.7. The van der Waals surface area contributed by atoms with Crippen LogP contribution < -0.4 is 5.32 Å². The van der Waals surface area contributed by atoms with Crippen LogP contribution in [0.2, 0.25) is 5.02 Å². The van der Waals surface area contributed by atoms with E-state index in [1.807, 2.05) is 24.3 Å². The van der Waals surface area contributed by atoms with Gasteiger partial charge in [0, 0.05) is 36.5 Å². The fraction of sp³-hybridized carbons (Fsp3) is 0.273. The monoisotopic (exact) mass is 410 g/mol. The van der Waals surface area contributed by atoms with Gasteiger partial charge in [-0.2, -0.15) is 5.10 Å². The summed E-state index contributed by atoms with van der Waals surface area (Å²) in [6, 6.07) is 15.3. The molecule has 4 rings (SSSR count). The number of anilines is 1. The van der Waals surface area contributed by atoms with Crippen LogP contribution in [-0.2, 0) is 11.2 Å². The van der Waals surface area contributed by atoms with Crippen molar-refractivity contribution in [3.8, 4) is 5.69 Å². The minimum Gasteiger partial charge on any atom is -0.379 e. The first-order chi connectivity index (χ1) is 14.2. The molecule has 150 valence electrons. The van der Waals surface area contributed by atoms with Crippen molar-refractivity contribution in [2.45, 2.75) is 6.42 Å².